The maximum Gasteiger partial charge on any atom is 0.123 e. The molecule has 0 radical (unpaired) electrons. The molecule has 1 atom stereocenters. The second kappa shape index (κ2) is 6.58. The van der Waals surface area contributed by atoms with Crippen molar-refractivity contribution < 1.29 is 4.74 Å². The Morgan fingerprint density at radius 3 is 2.25 bits per heavy atom. The molecular formula is C18H23NO. The molecule has 0 fully saturated rings. The van der Waals surface area contributed by atoms with Gasteiger partial charge >= 0.3 is 0 Å². The van der Waals surface area contributed by atoms with Gasteiger partial charge in [-0.1, -0.05) is 56.3 Å². The Balaban J connectivity index is 2.13. The zero-order chi connectivity index (χ0) is 14.5. The molecule has 2 heteroatoms. The highest BCUT2D eigenvalue weighted by Crippen LogP contribution is 2.26. The Bertz CT molecular complexity index is 546. The van der Waals surface area contributed by atoms with Gasteiger partial charge in [-0.3, -0.25) is 0 Å². The molecule has 0 heterocycles. The second-order valence-corrected chi connectivity index (χ2v) is 5.45. The summed E-state index contributed by atoms with van der Waals surface area (Å²) >= 11 is 0. The normalized spacial score (nSPS) is 12.4. The van der Waals surface area contributed by atoms with Gasteiger partial charge in [-0.05, 0) is 29.5 Å². The predicted octanol–water partition coefficient (Wildman–Crippen LogP) is 4.06. The van der Waals surface area contributed by atoms with E-state index in [1.807, 2.05) is 24.3 Å². The van der Waals surface area contributed by atoms with Gasteiger partial charge < -0.3 is 10.5 Å². The SMILES string of the molecule is COc1ccccc1C(N)Cc1ccc(C(C)C)cc1. The van der Waals surface area contributed by atoms with Crippen LogP contribution in [0.1, 0.15) is 42.5 Å². The summed E-state index contributed by atoms with van der Waals surface area (Å²) in [6.45, 7) is 4.41. The average molecular weight is 269 g/mol. The van der Waals surface area contributed by atoms with Crippen molar-refractivity contribution in [2.75, 3.05) is 7.11 Å². The molecule has 0 amide bonds. The Hall–Kier alpha value is -1.80. The van der Waals surface area contributed by atoms with Gasteiger partial charge in [-0.2, -0.15) is 0 Å². The first-order valence-corrected chi connectivity index (χ1v) is 7.09. The van der Waals surface area contributed by atoms with Gasteiger partial charge in [0.15, 0.2) is 0 Å². The number of methoxy groups -OCH3 is 1. The summed E-state index contributed by atoms with van der Waals surface area (Å²) in [4.78, 5) is 0. The smallest absolute Gasteiger partial charge is 0.123 e. The van der Waals surface area contributed by atoms with Gasteiger partial charge in [0.05, 0.1) is 7.11 Å². The van der Waals surface area contributed by atoms with Crippen LogP contribution in [0.5, 0.6) is 5.75 Å². The topological polar surface area (TPSA) is 35.2 Å². The predicted molar refractivity (Wildman–Crippen MR) is 84.2 cm³/mol. The molecule has 0 aliphatic carbocycles. The summed E-state index contributed by atoms with van der Waals surface area (Å²) in [6.07, 6.45) is 0.818. The molecule has 2 aromatic rings. The summed E-state index contributed by atoms with van der Waals surface area (Å²) in [5.74, 6) is 1.42. The van der Waals surface area contributed by atoms with Crippen LogP contribution in [0.25, 0.3) is 0 Å². The van der Waals surface area contributed by atoms with Crippen LogP contribution in [0.15, 0.2) is 48.5 Å². The third kappa shape index (κ3) is 3.40. The zero-order valence-electron chi connectivity index (χ0n) is 12.5. The number of para-hydroxylation sites is 1. The van der Waals surface area contributed by atoms with Gasteiger partial charge in [0.25, 0.3) is 0 Å². The van der Waals surface area contributed by atoms with E-state index in [1.165, 1.54) is 11.1 Å². The van der Waals surface area contributed by atoms with E-state index >= 15 is 0 Å². The van der Waals surface area contributed by atoms with Crippen molar-refractivity contribution in [3.8, 4) is 5.75 Å². The summed E-state index contributed by atoms with van der Waals surface area (Å²) in [6, 6.07) is 16.6. The number of rotatable bonds is 5. The second-order valence-electron chi connectivity index (χ2n) is 5.45. The minimum atomic E-state index is -0.0453. The van der Waals surface area contributed by atoms with Crippen LogP contribution in [0.3, 0.4) is 0 Å². The van der Waals surface area contributed by atoms with Crippen molar-refractivity contribution in [1.29, 1.82) is 0 Å². The number of hydrogen-bond acceptors (Lipinski definition) is 2. The van der Waals surface area contributed by atoms with Crippen molar-refractivity contribution in [2.24, 2.45) is 5.73 Å². The van der Waals surface area contributed by atoms with Gasteiger partial charge in [0.2, 0.25) is 0 Å². The van der Waals surface area contributed by atoms with Gasteiger partial charge in [-0.15, -0.1) is 0 Å². The molecule has 2 N–H and O–H groups in total. The number of hydrogen-bond donors (Lipinski definition) is 1. The quantitative estimate of drug-likeness (QED) is 0.888. The summed E-state index contributed by atoms with van der Waals surface area (Å²) < 4.78 is 5.37. The summed E-state index contributed by atoms with van der Waals surface area (Å²) in [5.41, 5.74) is 10.00. The van der Waals surface area contributed by atoms with Crippen molar-refractivity contribution in [3.63, 3.8) is 0 Å². The molecule has 2 nitrogen and oxygen atoms in total. The van der Waals surface area contributed by atoms with E-state index in [0.29, 0.717) is 5.92 Å². The first-order valence-electron chi connectivity index (χ1n) is 7.09. The Labute approximate surface area is 121 Å². The van der Waals surface area contributed by atoms with E-state index < -0.39 is 0 Å². The third-order valence-corrected chi connectivity index (χ3v) is 3.64. The van der Waals surface area contributed by atoms with Crippen LogP contribution in [0, 0.1) is 0 Å². The molecule has 1 unspecified atom stereocenters. The minimum Gasteiger partial charge on any atom is -0.496 e. The summed E-state index contributed by atoms with van der Waals surface area (Å²) in [5, 5.41) is 0. The van der Waals surface area contributed by atoms with E-state index in [2.05, 4.69) is 38.1 Å². The van der Waals surface area contributed by atoms with Crippen molar-refractivity contribution in [2.45, 2.75) is 32.2 Å². The monoisotopic (exact) mass is 269 g/mol. The van der Waals surface area contributed by atoms with E-state index in [1.54, 1.807) is 7.11 Å². The number of benzene rings is 2. The molecule has 0 aliphatic rings. The van der Waals surface area contributed by atoms with Crippen LogP contribution in [0.4, 0.5) is 0 Å². The third-order valence-electron chi connectivity index (χ3n) is 3.64. The van der Waals surface area contributed by atoms with E-state index in [9.17, 15) is 0 Å². The maximum absolute atomic E-state index is 6.32. The lowest BCUT2D eigenvalue weighted by molar-refractivity contribution is 0.405. The zero-order valence-corrected chi connectivity index (χ0v) is 12.5. The average Bonchev–Trinajstić information content (AvgIpc) is 2.47. The standard InChI is InChI=1S/C18H23NO/c1-13(2)15-10-8-14(9-11-15)12-17(19)16-6-4-5-7-18(16)20-3/h4-11,13,17H,12,19H2,1-3H3. The van der Waals surface area contributed by atoms with Crippen molar-refractivity contribution in [1.82, 2.24) is 0 Å². The fourth-order valence-corrected chi connectivity index (χ4v) is 2.38. The molecule has 0 saturated heterocycles. The van der Waals surface area contributed by atoms with Crippen molar-refractivity contribution >= 4 is 0 Å². The lowest BCUT2D eigenvalue weighted by atomic mass is 9.96. The maximum atomic E-state index is 6.32. The van der Waals surface area contributed by atoms with E-state index in [0.717, 1.165) is 17.7 Å². The lowest BCUT2D eigenvalue weighted by Crippen LogP contribution is -2.14. The summed E-state index contributed by atoms with van der Waals surface area (Å²) in [7, 11) is 1.68. The molecule has 2 rings (SSSR count). The highest BCUT2D eigenvalue weighted by atomic mass is 16.5. The fourth-order valence-electron chi connectivity index (χ4n) is 2.38. The van der Waals surface area contributed by atoms with E-state index in [4.69, 9.17) is 10.5 Å². The fraction of sp³-hybridized carbons (Fsp3) is 0.333. The molecule has 20 heavy (non-hydrogen) atoms. The highest BCUT2D eigenvalue weighted by molar-refractivity contribution is 5.37. The van der Waals surface area contributed by atoms with Crippen LogP contribution in [-0.2, 0) is 6.42 Å². The van der Waals surface area contributed by atoms with Gasteiger partial charge in [0, 0.05) is 11.6 Å². The van der Waals surface area contributed by atoms with Crippen LogP contribution in [0.2, 0.25) is 0 Å². The molecule has 0 bridgehead atoms. The molecule has 0 aliphatic heterocycles. The number of nitrogens with two attached hydrogens (primary N) is 1. The highest BCUT2D eigenvalue weighted by Gasteiger charge is 2.12. The molecule has 0 aromatic heterocycles. The van der Waals surface area contributed by atoms with Gasteiger partial charge in [-0.25, -0.2) is 0 Å². The minimum absolute atomic E-state index is 0.0453. The van der Waals surface area contributed by atoms with Crippen LogP contribution < -0.4 is 10.5 Å². The van der Waals surface area contributed by atoms with Gasteiger partial charge in [0.1, 0.15) is 5.75 Å². The largest absolute Gasteiger partial charge is 0.496 e. The Morgan fingerprint density at radius 1 is 1.00 bits per heavy atom. The Morgan fingerprint density at radius 2 is 1.65 bits per heavy atom. The van der Waals surface area contributed by atoms with Crippen molar-refractivity contribution in [3.05, 3.63) is 65.2 Å². The molecular weight excluding hydrogens is 246 g/mol. The molecule has 106 valence electrons. The first kappa shape index (κ1) is 14.6. The number of ether oxygens (including phenoxy) is 1. The Kier molecular flexibility index (Phi) is 4.80. The van der Waals surface area contributed by atoms with E-state index in [-0.39, 0.29) is 6.04 Å². The van der Waals surface area contributed by atoms with Crippen LogP contribution >= 0.6 is 0 Å². The first-order chi connectivity index (χ1) is 9.61. The lowest BCUT2D eigenvalue weighted by Gasteiger charge is -2.16. The molecule has 0 saturated carbocycles. The molecule has 0 spiro atoms. The molecule has 2 aromatic carbocycles. The van der Waals surface area contributed by atoms with Crippen LogP contribution in [-0.4, -0.2) is 7.11 Å².